The van der Waals surface area contributed by atoms with E-state index in [-0.39, 0.29) is 22.8 Å². The maximum atomic E-state index is 13.4. The smallest absolute Gasteiger partial charge is 0.252 e. The van der Waals surface area contributed by atoms with E-state index in [2.05, 4.69) is 10.6 Å². The first-order valence-corrected chi connectivity index (χ1v) is 11.0. The second-order valence-corrected chi connectivity index (χ2v) is 8.91. The summed E-state index contributed by atoms with van der Waals surface area (Å²) >= 11 is 5.69. The highest BCUT2D eigenvalue weighted by molar-refractivity contribution is 6.31. The van der Waals surface area contributed by atoms with Crippen molar-refractivity contribution in [1.82, 2.24) is 10.6 Å². The number of benzene rings is 2. The van der Waals surface area contributed by atoms with E-state index in [1.807, 2.05) is 0 Å². The van der Waals surface area contributed by atoms with Crippen LogP contribution in [0.15, 0.2) is 42.5 Å². The van der Waals surface area contributed by atoms with Gasteiger partial charge in [0.1, 0.15) is 29.3 Å². The minimum Gasteiger partial charge on any atom is -0.508 e. The molecular weight excluding hydrogens is 485 g/mol. The van der Waals surface area contributed by atoms with Crippen molar-refractivity contribution < 1.29 is 39.2 Å². The summed E-state index contributed by atoms with van der Waals surface area (Å²) in [4.78, 5) is 37.4. The van der Waals surface area contributed by atoms with Crippen LogP contribution in [0.25, 0.3) is 0 Å². The largest absolute Gasteiger partial charge is 0.508 e. The molecule has 0 aliphatic heterocycles. The first kappa shape index (κ1) is 26.4. The van der Waals surface area contributed by atoms with Gasteiger partial charge < -0.3 is 36.8 Å². The molecular formula is C23H25ClFN3O7. The molecule has 1 aliphatic carbocycles. The molecule has 0 aromatic heterocycles. The molecule has 2 aromatic carbocycles. The second kappa shape index (κ2) is 10.6. The van der Waals surface area contributed by atoms with Crippen molar-refractivity contribution in [1.29, 1.82) is 0 Å². The maximum Gasteiger partial charge on any atom is 0.252 e. The number of phenolic OH excluding ortho intramolecular Hbond substituents is 1. The van der Waals surface area contributed by atoms with Crippen molar-refractivity contribution in [3.8, 4) is 5.75 Å². The normalized spacial score (nSPS) is 24.9. The highest BCUT2D eigenvalue weighted by Gasteiger charge is 2.49. The van der Waals surface area contributed by atoms with Gasteiger partial charge in [-0.2, -0.15) is 0 Å². The first-order valence-electron chi connectivity index (χ1n) is 10.6. The van der Waals surface area contributed by atoms with E-state index in [1.165, 1.54) is 24.3 Å². The van der Waals surface area contributed by atoms with Crippen LogP contribution >= 0.6 is 11.6 Å². The lowest BCUT2D eigenvalue weighted by molar-refractivity contribution is -0.159. The van der Waals surface area contributed by atoms with E-state index in [0.29, 0.717) is 5.56 Å². The van der Waals surface area contributed by atoms with E-state index >= 15 is 0 Å². The van der Waals surface area contributed by atoms with Gasteiger partial charge in [-0.1, -0.05) is 23.7 Å². The van der Waals surface area contributed by atoms with E-state index in [4.69, 9.17) is 17.3 Å². The lowest BCUT2D eigenvalue weighted by Crippen LogP contribution is -2.64. The van der Waals surface area contributed by atoms with Crippen LogP contribution in [0, 0.1) is 5.82 Å². The summed E-state index contributed by atoms with van der Waals surface area (Å²) in [6.07, 6.45) is -4.21. The zero-order valence-corrected chi connectivity index (χ0v) is 19.1. The van der Waals surface area contributed by atoms with Crippen LogP contribution in [-0.4, -0.2) is 68.0 Å². The number of hydrogen-bond acceptors (Lipinski definition) is 7. The Morgan fingerprint density at radius 2 is 1.80 bits per heavy atom. The number of carbonyl (C=O) groups excluding carboxylic acids is 3. The molecule has 1 aliphatic rings. The van der Waals surface area contributed by atoms with E-state index in [0.717, 1.165) is 18.2 Å². The molecule has 1 fully saturated rings. The number of aliphatic hydroxyl groups excluding tert-OH is 2. The van der Waals surface area contributed by atoms with Crippen LogP contribution in [0.2, 0.25) is 5.02 Å². The van der Waals surface area contributed by atoms with Crippen LogP contribution in [0.3, 0.4) is 0 Å². The van der Waals surface area contributed by atoms with Gasteiger partial charge >= 0.3 is 0 Å². The number of halogens is 2. The van der Waals surface area contributed by atoms with E-state index in [1.54, 1.807) is 0 Å². The fraction of sp³-hybridized carbons (Fsp3) is 0.348. The van der Waals surface area contributed by atoms with E-state index in [9.17, 15) is 39.2 Å². The molecule has 2 aromatic rings. The Kier molecular flexibility index (Phi) is 7.96. The predicted octanol–water partition coefficient (Wildman–Crippen LogP) is -0.257. The van der Waals surface area contributed by atoms with Gasteiger partial charge in [0.25, 0.3) is 11.8 Å². The van der Waals surface area contributed by atoms with Crippen LogP contribution in [-0.2, 0) is 16.0 Å². The molecule has 3 rings (SSSR count). The van der Waals surface area contributed by atoms with Crippen molar-refractivity contribution in [2.75, 3.05) is 0 Å². The minimum atomic E-state index is -2.26. The van der Waals surface area contributed by atoms with E-state index < -0.39 is 66.3 Å². The quantitative estimate of drug-likeness (QED) is 0.268. The third-order valence-corrected chi connectivity index (χ3v) is 6.15. The van der Waals surface area contributed by atoms with Gasteiger partial charge in [-0.25, -0.2) is 4.39 Å². The number of rotatable bonds is 7. The Bertz CT molecular complexity index is 1120. The van der Waals surface area contributed by atoms with Gasteiger partial charge in [-0.15, -0.1) is 0 Å². The monoisotopic (exact) mass is 509 g/mol. The molecule has 0 radical (unpaired) electrons. The minimum absolute atomic E-state index is 0.00784. The van der Waals surface area contributed by atoms with Crippen LogP contribution in [0.1, 0.15) is 28.8 Å². The summed E-state index contributed by atoms with van der Waals surface area (Å²) in [6.45, 7) is 0. The SMILES string of the molecule is NC(=O)[C@H](Cc1ccc(O)cc1)NC(=O)[C@]1(O)C[C@@H](O)[C@H](O)[C@@H](NC(=O)c2ccc(F)c(Cl)c2)C1. The number of phenols is 1. The lowest BCUT2D eigenvalue weighted by Gasteiger charge is -2.41. The Balaban J connectivity index is 1.73. The molecule has 12 heteroatoms. The van der Waals surface area contributed by atoms with Crippen LogP contribution in [0.4, 0.5) is 4.39 Å². The number of aliphatic hydroxyl groups is 3. The number of nitrogens with one attached hydrogen (secondary N) is 2. The van der Waals surface area contributed by atoms with Crippen molar-refractivity contribution in [3.05, 3.63) is 64.4 Å². The Labute approximate surface area is 204 Å². The third kappa shape index (κ3) is 6.25. The number of carbonyl (C=O) groups is 3. The lowest BCUT2D eigenvalue weighted by atomic mass is 9.77. The zero-order chi connectivity index (χ0) is 25.9. The third-order valence-electron chi connectivity index (χ3n) is 5.86. The summed E-state index contributed by atoms with van der Waals surface area (Å²) in [5, 5.41) is 45.5. The topological polar surface area (TPSA) is 182 Å². The molecule has 35 heavy (non-hydrogen) atoms. The van der Waals surface area contributed by atoms with Gasteiger partial charge in [0.15, 0.2) is 0 Å². The highest BCUT2D eigenvalue weighted by atomic mass is 35.5. The van der Waals surface area contributed by atoms with Crippen molar-refractivity contribution >= 4 is 29.3 Å². The van der Waals surface area contributed by atoms with Gasteiger partial charge in [0.05, 0.1) is 17.2 Å². The van der Waals surface area contributed by atoms with Crippen molar-refractivity contribution in [2.45, 2.75) is 49.2 Å². The molecule has 0 bridgehead atoms. The molecule has 3 amide bonds. The summed E-state index contributed by atoms with van der Waals surface area (Å²) < 4.78 is 13.4. The molecule has 8 N–H and O–H groups in total. The van der Waals surface area contributed by atoms with Gasteiger partial charge in [0, 0.05) is 24.8 Å². The van der Waals surface area contributed by atoms with Crippen molar-refractivity contribution in [2.24, 2.45) is 5.73 Å². The fourth-order valence-electron chi connectivity index (χ4n) is 3.90. The summed E-state index contributed by atoms with van der Waals surface area (Å²) in [5.74, 6) is -3.43. The molecule has 0 spiro atoms. The average molecular weight is 510 g/mol. The number of primary amides is 1. The molecule has 0 heterocycles. The molecule has 188 valence electrons. The Morgan fingerprint density at radius 3 is 2.40 bits per heavy atom. The van der Waals surface area contributed by atoms with Crippen LogP contribution < -0.4 is 16.4 Å². The molecule has 10 nitrogen and oxygen atoms in total. The highest BCUT2D eigenvalue weighted by Crippen LogP contribution is 2.30. The Morgan fingerprint density at radius 1 is 1.14 bits per heavy atom. The maximum absolute atomic E-state index is 13.4. The molecule has 1 saturated carbocycles. The zero-order valence-electron chi connectivity index (χ0n) is 18.3. The summed E-state index contributed by atoms with van der Waals surface area (Å²) in [5.41, 5.74) is 3.66. The Hall–Kier alpha value is -3.25. The average Bonchev–Trinajstić information content (AvgIpc) is 2.79. The second-order valence-electron chi connectivity index (χ2n) is 8.51. The number of hydrogen-bond donors (Lipinski definition) is 7. The first-order chi connectivity index (χ1) is 16.4. The standard InChI is InChI=1S/C23H25ClFN3O7/c24-14-8-12(3-6-15(14)25)21(33)27-17-9-23(35,10-18(30)19(17)31)22(34)28-16(20(26)32)7-11-1-4-13(29)5-2-11/h1-6,8,16-19,29-31,35H,7,9-10H2,(H2,26,32)(H,27,33)(H,28,34)/t16-,17-,18+,19+,23+/m0/s1. The van der Waals surface area contributed by atoms with Gasteiger partial charge in [-0.3, -0.25) is 14.4 Å². The number of nitrogens with two attached hydrogens (primary N) is 1. The number of aromatic hydroxyl groups is 1. The predicted molar refractivity (Wildman–Crippen MR) is 122 cm³/mol. The molecule has 0 saturated heterocycles. The number of amides is 3. The van der Waals surface area contributed by atoms with Gasteiger partial charge in [0.2, 0.25) is 5.91 Å². The molecule has 5 atom stereocenters. The summed E-state index contributed by atoms with van der Waals surface area (Å²) in [6, 6.07) is 6.54. The van der Waals surface area contributed by atoms with Gasteiger partial charge in [-0.05, 0) is 35.9 Å². The van der Waals surface area contributed by atoms with Crippen LogP contribution in [0.5, 0.6) is 5.75 Å². The fourth-order valence-corrected chi connectivity index (χ4v) is 4.08. The summed E-state index contributed by atoms with van der Waals surface area (Å²) in [7, 11) is 0. The molecule has 0 unspecified atom stereocenters. The van der Waals surface area contributed by atoms with Crippen molar-refractivity contribution in [3.63, 3.8) is 0 Å².